The second-order valence-electron chi connectivity index (χ2n) is 4.58. The monoisotopic (exact) mass is 289 g/mol. The number of pyridine rings is 1. The molecule has 1 atom stereocenters. The predicted octanol–water partition coefficient (Wildman–Crippen LogP) is 1.07. The molecule has 0 spiro atoms. The molecule has 2 aromatic rings. The third-order valence-corrected chi connectivity index (χ3v) is 2.92. The van der Waals surface area contributed by atoms with E-state index in [1.54, 1.807) is 42.6 Å². The Morgan fingerprint density at radius 1 is 1.19 bits per heavy atom. The highest BCUT2D eigenvalue weighted by Gasteiger charge is 2.06. The number of aliphatic hydroxyl groups is 1. The van der Waals surface area contributed by atoms with Gasteiger partial charge in [0.2, 0.25) is 0 Å². The van der Waals surface area contributed by atoms with Crippen LogP contribution in [-0.4, -0.2) is 34.9 Å². The fourth-order valence-electron chi connectivity index (χ4n) is 1.75. The summed E-state index contributed by atoms with van der Waals surface area (Å²) in [6.45, 7) is 1.47. The Morgan fingerprint density at radius 2 is 1.95 bits per heavy atom. The van der Waals surface area contributed by atoms with E-state index in [0.717, 1.165) is 5.56 Å². The molecule has 0 saturated carbocycles. The van der Waals surface area contributed by atoms with Crippen molar-refractivity contribution in [3.63, 3.8) is 0 Å². The number of benzene rings is 1. The molecule has 2 rings (SSSR count). The van der Waals surface area contributed by atoms with Crippen LogP contribution in [0, 0.1) is 0 Å². The van der Waals surface area contributed by atoms with Crippen LogP contribution in [0.15, 0.2) is 42.6 Å². The van der Waals surface area contributed by atoms with Crippen LogP contribution in [0.1, 0.15) is 11.7 Å². The van der Waals surface area contributed by atoms with Crippen molar-refractivity contribution in [3.05, 3.63) is 48.2 Å². The van der Waals surface area contributed by atoms with Gasteiger partial charge in [0.25, 0.3) is 0 Å². The number of anilines is 1. The Kier molecular flexibility index (Phi) is 5.36. The lowest BCUT2D eigenvalue weighted by Gasteiger charge is -2.12. The average Bonchev–Trinajstić information content (AvgIpc) is 2.49. The van der Waals surface area contributed by atoms with Gasteiger partial charge in [-0.25, -0.2) is 4.98 Å². The smallest absolute Gasteiger partial charge is 0.123 e. The Hall–Kier alpha value is -2.31. The van der Waals surface area contributed by atoms with E-state index in [9.17, 15) is 5.11 Å². The van der Waals surface area contributed by atoms with E-state index in [0.29, 0.717) is 31.3 Å². The predicted molar refractivity (Wildman–Crippen MR) is 80.1 cm³/mol. The van der Waals surface area contributed by atoms with Crippen LogP contribution >= 0.6 is 0 Å². The normalized spacial score (nSPS) is 12.0. The third kappa shape index (κ3) is 4.94. The van der Waals surface area contributed by atoms with E-state index in [1.165, 1.54) is 0 Å². The molecule has 1 heterocycles. The number of nitrogens with two attached hydrogens (primary N) is 1. The van der Waals surface area contributed by atoms with Gasteiger partial charge in [-0.3, -0.25) is 0 Å². The summed E-state index contributed by atoms with van der Waals surface area (Å²) in [6.07, 6.45) is 0.931. The molecule has 0 radical (unpaired) electrons. The number of rotatable bonds is 7. The zero-order valence-corrected chi connectivity index (χ0v) is 11.6. The molecule has 6 heteroatoms. The summed E-state index contributed by atoms with van der Waals surface area (Å²) in [5.41, 5.74) is 6.21. The van der Waals surface area contributed by atoms with Gasteiger partial charge in [-0.15, -0.1) is 0 Å². The molecule has 1 aromatic heterocycles. The molecule has 0 saturated heterocycles. The Labute approximate surface area is 123 Å². The molecule has 21 heavy (non-hydrogen) atoms. The quantitative estimate of drug-likeness (QED) is 0.569. The number of nitrogens with zero attached hydrogens (tertiary/aromatic N) is 1. The van der Waals surface area contributed by atoms with E-state index in [-0.39, 0.29) is 5.75 Å². The summed E-state index contributed by atoms with van der Waals surface area (Å²) in [7, 11) is 0. The first-order chi connectivity index (χ1) is 10.1. The van der Waals surface area contributed by atoms with Gasteiger partial charge < -0.3 is 26.0 Å². The van der Waals surface area contributed by atoms with Crippen molar-refractivity contribution in [2.75, 3.05) is 25.4 Å². The number of aromatic nitrogens is 1. The maximum Gasteiger partial charge on any atom is 0.123 e. The highest BCUT2D eigenvalue weighted by Crippen LogP contribution is 2.15. The van der Waals surface area contributed by atoms with Crippen molar-refractivity contribution in [2.24, 2.45) is 0 Å². The Bertz CT molecular complexity index is 543. The summed E-state index contributed by atoms with van der Waals surface area (Å²) >= 11 is 0. The summed E-state index contributed by atoms with van der Waals surface area (Å²) in [4.78, 5) is 3.94. The molecular formula is C15H19N3O3. The second kappa shape index (κ2) is 7.47. The van der Waals surface area contributed by atoms with Crippen molar-refractivity contribution < 1.29 is 14.9 Å². The van der Waals surface area contributed by atoms with E-state index in [1.807, 2.05) is 0 Å². The number of phenolic OH excluding ortho intramolecular Hbond substituents is 1. The number of aliphatic hydroxyl groups excluding tert-OH is 1. The third-order valence-electron chi connectivity index (χ3n) is 2.92. The maximum atomic E-state index is 9.95. The van der Waals surface area contributed by atoms with Crippen molar-refractivity contribution in [1.82, 2.24) is 10.3 Å². The van der Waals surface area contributed by atoms with Gasteiger partial charge in [0.15, 0.2) is 0 Å². The van der Waals surface area contributed by atoms with Gasteiger partial charge in [0.1, 0.15) is 23.9 Å². The number of ether oxygens (including phenoxy) is 1. The first-order valence-corrected chi connectivity index (χ1v) is 6.67. The first-order valence-electron chi connectivity index (χ1n) is 6.67. The molecule has 0 aliphatic heterocycles. The molecule has 0 bridgehead atoms. The van der Waals surface area contributed by atoms with Gasteiger partial charge in [0, 0.05) is 24.8 Å². The lowest BCUT2D eigenvalue weighted by atomic mass is 10.1. The molecule has 0 aliphatic carbocycles. The summed E-state index contributed by atoms with van der Waals surface area (Å²) in [6, 6.07) is 9.95. The minimum Gasteiger partial charge on any atom is -0.508 e. The van der Waals surface area contributed by atoms with E-state index in [2.05, 4.69) is 10.3 Å². The minimum absolute atomic E-state index is 0.209. The van der Waals surface area contributed by atoms with Gasteiger partial charge in [0.05, 0.1) is 6.10 Å². The van der Waals surface area contributed by atoms with E-state index in [4.69, 9.17) is 15.6 Å². The lowest BCUT2D eigenvalue weighted by Crippen LogP contribution is -2.26. The van der Waals surface area contributed by atoms with Crippen molar-refractivity contribution >= 4 is 5.82 Å². The summed E-state index contributed by atoms with van der Waals surface area (Å²) in [5.74, 6) is 1.33. The zero-order chi connectivity index (χ0) is 15.1. The van der Waals surface area contributed by atoms with Crippen LogP contribution in [0.25, 0.3) is 0 Å². The second-order valence-corrected chi connectivity index (χ2v) is 4.58. The van der Waals surface area contributed by atoms with E-state index >= 15 is 0 Å². The molecular weight excluding hydrogens is 270 g/mol. The average molecular weight is 289 g/mol. The highest BCUT2D eigenvalue weighted by molar-refractivity contribution is 5.30. The van der Waals surface area contributed by atoms with Crippen LogP contribution in [0.2, 0.25) is 0 Å². The number of hydrogen-bond donors (Lipinski definition) is 4. The van der Waals surface area contributed by atoms with Crippen molar-refractivity contribution in [1.29, 1.82) is 0 Å². The van der Waals surface area contributed by atoms with Crippen molar-refractivity contribution in [2.45, 2.75) is 6.10 Å². The number of aromatic hydroxyl groups is 1. The Balaban J connectivity index is 1.65. The van der Waals surface area contributed by atoms with Crippen LogP contribution in [0.3, 0.4) is 0 Å². The standard InChI is InChI=1S/C15H19N3O3/c16-15-6-1-11(9-18-15)14(20)10-17-7-8-21-13-4-2-12(19)3-5-13/h1-6,9,14,17,19-20H,7-8,10H2,(H2,16,18)/t14-/m0/s1. The number of nitrogens with one attached hydrogen (secondary N) is 1. The summed E-state index contributed by atoms with van der Waals surface area (Å²) < 4.78 is 5.48. The minimum atomic E-state index is -0.633. The van der Waals surface area contributed by atoms with Crippen LogP contribution < -0.4 is 15.8 Å². The molecule has 5 N–H and O–H groups in total. The molecule has 0 aliphatic rings. The van der Waals surface area contributed by atoms with Crippen LogP contribution in [0.4, 0.5) is 5.82 Å². The lowest BCUT2D eigenvalue weighted by molar-refractivity contribution is 0.171. The number of hydrogen-bond acceptors (Lipinski definition) is 6. The zero-order valence-electron chi connectivity index (χ0n) is 11.6. The fraction of sp³-hybridized carbons (Fsp3) is 0.267. The first kappa shape index (κ1) is 15.1. The van der Waals surface area contributed by atoms with Gasteiger partial charge in [-0.05, 0) is 30.3 Å². The summed E-state index contributed by atoms with van der Waals surface area (Å²) in [5, 5.41) is 22.2. The SMILES string of the molecule is Nc1ccc([C@@H](O)CNCCOc2ccc(O)cc2)cn1. The Morgan fingerprint density at radius 3 is 2.62 bits per heavy atom. The van der Waals surface area contributed by atoms with Crippen LogP contribution in [-0.2, 0) is 0 Å². The topological polar surface area (TPSA) is 101 Å². The fourth-order valence-corrected chi connectivity index (χ4v) is 1.75. The number of phenols is 1. The molecule has 0 fully saturated rings. The molecule has 1 aromatic carbocycles. The van der Waals surface area contributed by atoms with Gasteiger partial charge in [-0.2, -0.15) is 0 Å². The molecule has 0 amide bonds. The molecule has 112 valence electrons. The largest absolute Gasteiger partial charge is 0.508 e. The van der Waals surface area contributed by atoms with Crippen molar-refractivity contribution in [3.8, 4) is 11.5 Å². The van der Waals surface area contributed by atoms with Gasteiger partial charge >= 0.3 is 0 Å². The van der Waals surface area contributed by atoms with Gasteiger partial charge in [-0.1, -0.05) is 6.07 Å². The van der Waals surface area contributed by atoms with E-state index < -0.39 is 6.10 Å². The molecule has 6 nitrogen and oxygen atoms in total. The highest BCUT2D eigenvalue weighted by atomic mass is 16.5. The maximum absolute atomic E-state index is 9.95. The van der Waals surface area contributed by atoms with Crippen LogP contribution in [0.5, 0.6) is 11.5 Å². The molecule has 0 unspecified atom stereocenters. The number of nitrogen functional groups attached to an aromatic ring is 1.